The molecule has 3 nitrogen and oxygen atoms in total. The highest BCUT2D eigenvalue weighted by Gasteiger charge is 2.75. The Morgan fingerprint density at radius 1 is 1.44 bits per heavy atom. The fraction of sp³-hybridized carbons (Fsp3) is 0.800. The van der Waals surface area contributed by atoms with E-state index < -0.39 is 0 Å². The summed E-state index contributed by atoms with van der Waals surface area (Å²) in [4.78, 5) is 11.9. The van der Waals surface area contributed by atoms with Crippen LogP contribution >= 0.6 is 0 Å². The van der Waals surface area contributed by atoms with Crippen LogP contribution < -0.4 is 0 Å². The van der Waals surface area contributed by atoms with E-state index in [0.717, 1.165) is 19.3 Å². The molecule has 2 saturated heterocycles. The van der Waals surface area contributed by atoms with Gasteiger partial charge >= 0.3 is 5.97 Å². The molecule has 0 unspecified atom stereocenters. The van der Waals surface area contributed by atoms with Gasteiger partial charge in [0.05, 0.1) is 11.5 Å². The van der Waals surface area contributed by atoms with E-state index in [-0.39, 0.29) is 29.2 Å². The van der Waals surface area contributed by atoms with E-state index in [2.05, 4.69) is 19.9 Å². The quantitative estimate of drug-likeness (QED) is 0.375. The van der Waals surface area contributed by atoms with E-state index in [4.69, 9.17) is 9.47 Å². The van der Waals surface area contributed by atoms with Crippen molar-refractivity contribution in [3.05, 3.63) is 11.6 Å². The average molecular weight is 248 g/mol. The van der Waals surface area contributed by atoms with Crippen molar-refractivity contribution < 1.29 is 14.3 Å². The predicted octanol–water partition coefficient (Wildman–Crippen LogP) is 2.45. The Kier molecular flexibility index (Phi) is 1.84. The lowest BCUT2D eigenvalue weighted by Crippen LogP contribution is -2.37. The smallest absolute Gasteiger partial charge is 0.309 e. The van der Waals surface area contributed by atoms with Gasteiger partial charge in [-0.3, -0.25) is 4.79 Å². The molecule has 0 bridgehead atoms. The molecule has 2 aliphatic heterocycles. The van der Waals surface area contributed by atoms with Crippen molar-refractivity contribution >= 4 is 5.97 Å². The Morgan fingerprint density at radius 3 is 3.00 bits per heavy atom. The third-order valence-electron chi connectivity index (χ3n) is 5.95. The number of carbonyl (C=O) groups is 1. The third-order valence-corrected chi connectivity index (χ3v) is 5.95. The lowest BCUT2D eigenvalue weighted by atomic mass is 9.77. The zero-order valence-electron chi connectivity index (χ0n) is 11.2. The number of hydrogen-bond donors (Lipinski definition) is 0. The minimum Gasteiger partial charge on any atom is -0.461 e. The summed E-state index contributed by atoms with van der Waals surface area (Å²) in [6, 6.07) is 0. The second-order valence-corrected chi connectivity index (χ2v) is 6.75. The van der Waals surface area contributed by atoms with Crippen molar-refractivity contribution in [1.29, 1.82) is 0 Å². The summed E-state index contributed by atoms with van der Waals surface area (Å²) < 4.78 is 11.9. The topological polar surface area (TPSA) is 38.8 Å². The third kappa shape index (κ3) is 1.04. The Hall–Kier alpha value is -0.830. The van der Waals surface area contributed by atoms with E-state index in [1.165, 1.54) is 5.57 Å². The van der Waals surface area contributed by atoms with E-state index in [9.17, 15) is 4.79 Å². The van der Waals surface area contributed by atoms with Crippen LogP contribution in [0.2, 0.25) is 0 Å². The molecule has 0 N–H and O–H groups in total. The van der Waals surface area contributed by atoms with Gasteiger partial charge in [-0.25, -0.2) is 0 Å². The molecule has 2 heterocycles. The SMILES string of the molecule is CC1=CC[C@@]23O[C@]2(C)CC[C@@H]2[C@H](OC(=O)[C@@H]2C)[C@H]13. The fourth-order valence-electron chi connectivity index (χ4n) is 4.71. The Morgan fingerprint density at radius 2 is 2.22 bits per heavy atom. The molecule has 0 amide bonds. The maximum atomic E-state index is 11.9. The number of fused-ring (bicyclic) bond motifs is 2. The molecule has 3 heteroatoms. The highest BCUT2D eigenvalue weighted by atomic mass is 16.6. The number of esters is 1. The van der Waals surface area contributed by atoms with Crippen molar-refractivity contribution in [2.75, 3.05) is 0 Å². The molecule has 2 aliphatic carbocycles. The minimum absolute atomic E-state index is 0.0101. The van der Waals surface area contributed by atoms with Crippen molar-refractivity contribution in [3.8, 4) is 0 Å². The highest BCUT2D eigenvalue weighted by molar-refractivity contribution is 5.75. The van der Waals surface area contributed by atoms with Crippen LogP contribution in [0.3, 0.4) is 0 Å². The van der Waals surface area contributed by atoms with E-state index in [1.807, 2.05) is 6.92 Å². The Labute approximate surface area is 108 Å². The molecule has 6 atom stereocenters. The van der Waals surface area contributed by atoms with Gasteiger partial charge in [0.15, 0.2) is 0 Å². The monoisotopic (exact) mass is 248 g/mol. The zero-order chi connectivity index (χ0) is 12.7. The van der Waals surface area contributed by atoms with Gasteiger partial charge in [0.1, 0.15) is 11.7 Å². The summed E-state index contributed by atoms with van der Waals surface area (Å²) in [6.45, 7) is 6.43. The maximum Gasteiger partial charge on any atom is 0.309 e. The first kappa shape index (κ1) is 11.0. The number of ether oxygens (including phenoxy) is 2. The van der Waals surface area contributed by atoms with Crippen LogP contribution in [-0.2, 0) is 14.3 Å². The fourth-order valence-corrected chi connectivity index (χ4v) is 4.71. The minimum atomic E-state index is -0.0547. The van der Waals surface area contributed by atoms with Crippen molar-refractivity contribution in [1.82, 2.24) is 0 Å². The molecule has 98 valence electrons. The van der Waals surface area contributed by atoms with Crippen LogP contribution in [-0.4, -0.2) is 23.3 Å². The predicted molar refractivity (Wildman–Crippen MR) is 65.9 cm³/mol. The summed E-state index contributed by atoms with van der Waals surface area (Å²) in [6.07, 6.45) is 5.45. The molecule has 18 heavy (non-hydrogen) atoms. The van der Waals surface area contributed by atoms with Crippen LogP contribution in [0.15, 0.2) is 11.6 Å². The molecule has 4 aliphatic rings. The van der Waals surface area contributed by atoms with Crippen LogP contribution in [0.25, 0.3) is 0 Å². The van der Waals surface area contributed by atoms with E-state index in [1.54, 1.807) is 0 Å². The standard InChI is InChI=1S/C15H20O3/c1-8-4-7-15-11(8)12-10(9(2)13(16)17-12)5-6-14(15,3)18-15/h4,9-12H,5-7H2,1-3H3/t9-,10+,11+,12+,14-,15+/m1/s1. The van der Waals surface area contributed by atoms with Gasteiger partial charge in [-0.2, -0.15) is 0 Å². The maximum absolute atomic E-state index is 11.9. The van der Waals surface area contributed by atoms with E-state index >= 15 is 0 Å². The van der Waals surface area contributed by atoms with Gasteiger partial charge in [0, 0.05) is 11.8 Å². The number of hydrogen-bond acceptors (Lipinski definition) is 3. The largest absolute Gasteiger partial charge is 0.461 e. The first-order chi connectivity index (χ1) is 8.48. The molecule has 1 saturated carbocycles. The highest BCUT2D eigenvalue weighted by Crippen LogP contribution is 2.67. The second-order valence-electron chi connectivity index (χ2n) is 6.75. The van der Waals surface area contributed by atoms with Gasteiger partial charge in [0.2, 0.25) is 0 Å². The second kappa shape index (κ2) is 3.01. The lowest BCUT2D eigenvalue weighted by molar-refractivity contribution is -0.145. The summed E-state index contributed by atoms with van der Waals surface area (Å²) in [5.41, 5.74) is 1.32. The molecule has 0 aromatic heterocycles. The van der Waals surface area contributed by atoms with Gasteiger partial charge in [-0.15, -0.1) is 0 Å². The summed E-state index contributed by atoms with van der Waals surface area (Å²) in [5.74, 6) is 0.726. The van der Waals surface area contributed by atoms with Crippen LogP contribution in [0.1, 0.15) is 40.0 Å². The van der Waals surface area contributed by atoms with Crippen LogP contribution in [0.5, 0.6) is 0 Å². The molecular weight excluding hydrogens is 228 g/mol. The van der Waals surface area contributed by atoms with Gasteiger partial charge in [0.25, 0.3) is 0 Å². The summed E-state index contributed by atoms with van der Waals surface area (Å²) in [5, 5.41) is 0. The molecule has 1 spiro atoms. The molecular formula is C15H20O3. The summed E-state index contributed by atoms with van der Waals surface area (Å²) >= 11 is 0. The Bertz CT molecular complexity index is 468. The van der Waals surface area contributed by atoms with Crippen molar-refractivity contribution in [3.63, 3.8) is 0 Å². The normalized spacial score (nSPS) is 57.1. The molecule has 3 fully saturated rings. The van der Waals surface area contributed by atoms with Crippen molar-refractivity contribution in [2.45, 2.75) is 57.3 Å². The number of carbonyl (C=O) groups excluding carboxylic acids is 1. The average Bonchev–Trinajstić information content (AvgIpc) is 2.65. The number of epoxide rings is 1. The molecule has 0 radical (unpaired) electrons. The summed E-state index contributed by atoms with van der Waals surface area (Å²) in [7, 11) is 0. The van der Waals surface area contributed by atoms with Gasteiger partial charge in [-0.05, 0) is 33.1 Å². The van der Waals surface area contributed by atoms with Crippen LogP contribution in [0, 0.1) is 17.8 Å². The first-order valence-electron chi connectivity index (χ1n) is 7.06. The zero-order valence-corrected chi connectivity index (χ0v) is 11.2. The first-order valence-corrected chi connectivity index (χ1v) is 7.06. The Balaban J connectivity index is 1.78. The van der Waals surface area contributed by atoms with Gasteiger partial charge in [-0.1, -0.05) is 18.6 Å². The molecule has 0 aromatic rings. The number of rotatable bonds is 0. The molecule has 4 rings (SSSR count). The van der Waals surface area contributed by atoms with Crippen LogP contribution in [0.4, 0.5) is 0 Å². The van der Waals surface area contributed by atoms with Gasteiger partial charge < -0.3 is 9.47 Å². The lowest BCUT2D eigenvalue weighted by Gasteiger charge is -2.27. The van der Waals surface area contributed by atoms with Crippen molar-refractivity contribution in [2.24, 2.45) is 17.8 Å². The van der Waals surface area contributed by atoms with E-state index in [0.29, 0.717) is 11.8 Å². The molecule has 0 aromatic carbocycles.